The van der Waals surface area contributed by atoms with E-state index in [-0.39, 0.29) is 5.56 Å². The number of nitrogens with zero attached hydrogens (tertiary/aromatic N) is 3. The molecule has 0 aliphatic heterocycles. The van der Waals surface area contributed by atoms with Gasteiger partial charge in [0.2, 0.25) is 4.96 Å². The Morgan fingerprint density at radius 2 is 2.19 bits per heavy atom. The van der Waals surface area contributed by atoms with Crippen molar-refractivity contribution in [1.82, 2.24) is 14.6 Å². The van der Waals surface area contributed by atoms with Crippen molar-refractivity contribution in [2.24, 2.45) is 0 Å². The Bertz CT molecular complexity index is 1210. The monoisotopic (exact) mass is 397 g/mol. The summed E-state index contributed by atoms with van der Waals surface area (Å²) in [6.45, 7) is 4.03. The molecule has 6 nitrogen and oxygen atoms in total. The van der Waals surface area contributed by atoms with Crippen LogP contribution in [-0.4, -0.2) is 28.3 Å². The first-order chi connectivity index (χ1) is 13.2. The molecule has 0 saturated carbocycles. The molecule has 0 spiro atoms. The van der Waals surface area contributed by atoms with Crippen LogP contribution in [0.4, 0.5) is 0 Å². The van der Waals surface area contributed by atoms with Crippen molar-refractivity contribution < 1.29 is 9.47 Å². The molecule has 27 heavy (non-hydrogen) atoms. The van der Waals surface area contributed by atoms with Gasteiger partial charge in [0, 0.05) is 0 Å². The number of thiazole rings is 1. The van der Waals surface area contributed by atoms with Crippen molar-refractivity contribution in [3.05, 3.63) is 68.8 Å². The van der Waals surface area contributed by atoms with Gasteiger partial charge in [0.15, 0.2) is 17.3 Å². The number of hydrogen-bond donors (Lipinski definition) is 0. The van der Waals surface area contributed by atoms with E-state index in [1.54, 1.807) is 30.6 Å². The normalized spacial score (nSPS) is 11.8. The molecule has 0 fully saturated rings. The molecule has 0 atom stereocenters. The van der Waals surface area contributed by atoms with Crippen molar-refractivity contribution in [2.75, 3.05) is 13.7 Å². The molecular formula is C19H15N3O3S2. The standard InChI is InChI=1S/C19H15N3O3S2/c1-3-8-25-13-7-6-12(10-14(13)24-2)11-16-18(23)22-19(27-16)20-17(21-22)15-5-4-9-26-15/h3-7,9-11H,1,8H2,2H3/b16-11+. The van der Waals surface area contributed by atoms with Crippen LogP contribution in [-0.2, 0) is 0 Å². The molecule has 3 heterocycles. The number of benzene rings is 1. The fourth-order valence-electron chi connectivity index (χ4n) is 2.54. The maximum absolute atomic E-state index is 12.7. The van der Waals surface area contributed by atoms with Crippen molar-refractivity contribution in [2.45, 2.75) is 0 Å². The van der Waals surface area contributed by atoms with Crippen LogP contribution in [0.25, 0.3) is 21.7 Å². The Balaban J connectivity index is 1.72. The fourth-order valence-corrected chi connectivity index (χ4v) is 4.10. The molecule has 0 amide bonds. The minimum atomic E-state index is -0.184. The maximum Gasteiger partial charge on any atom is 0.291 e. The van der Waals surface area contributed by atoms with E-state index in [1.165, 1.54) is 15.9 Å². The smallest absolute Gasteiger partial charge is 0.291 e. The molecule has 0 bridgehead atoms. The number of rotatable bonds is 6. The van der Waals surface area contributed by atoms with Gasteiger partial charge in [0.05, 0.1) is 16.5 Å². The van der Waals surface area contributed by atoms with Crippen molar-refractivity contribution in [3.8, 4) is 22.2 Å². The van der Waals surface area contributed by atoms with Crippen LogP contribution in [0.3, 0.4) is 0 Å². The molecule has 0 N–H and O–H groups in total. The Morgan fingerprint density at radius 1 is 1.30 bits per heavy atom. The van der Waals surface area contributed by atoms with Gasteiger partial charge in [-0.15, -0.1) is 16.4 Å². The molecule has 3 aromatic heterocycles. The first-order valence-corrected chi connectivity index (χ1v) is 9.76. The van der Waals surface area contributed by atoms with E-state index in [1.807, 2.05) is 35.7 Å². The lowest BCUT2D eigenvalue weighted by Crippen LogP contribution is -2.23. The summed E-state index contributed by atoms with van der Waals surface area (Å²) in [4.78, 5) is 18.6. The molecule has 136 valence electrons. The quantitative estimate of drug-likeness (QED) is 0.468. The summed E-state index contributed by atoms with van der Waals surface area (Å²) in [6, 6.07) is 9.37. The summed E-state index contributed by atoms with van der Waals surface area (Å²) in [7, 11) is 1.58. The molecule has 4 aromatic rings. The third-order valence-electron chi connectivity index (χ3n) is 3.77. The van der Waals surface area contributed by atoms with Crippen molar-refractivity contribution in [3.63, 3.8) is 0 Å². The van der Waals surface area contributed by atoms with Crippen molar-refractivity contribution >= 4 is 33.7 Å². The number of aromatic nitrogens is 3. The van der Waals surface area contributed by atoms with Crippen LogP contribution >= 0.6 is 22.7 Å². The highest BCUT2D eigenvalue weighted by molar-refractivity contribution is 7.15. The van der Waals surface area contributed by atoms with Crippen LogP contribution in [0.5, 0.6) is 11.5 Å². The largest absolute Gasteiger partial charge is 0.493 e. The van der Waals surface area contributed by atoms with Crippen molar-refractivity contribution in [1.29, 1.82) is 0 Å². The minimum Gasteiger partial charge on any atom is -0.493 e. The first-order valence-electron chi connectivity index (χ1n) is 8.06. The molecule has 0 aliphatic rings. The first kappa shape index (κ1) is 17.4. The highest BCUT2D eigenvalue weighted by Crippen LogP contribution is 2.28. The van der Waals surface area contributed by atoms with Crippen LogP contribution in [0.1, 0.15) is 5.56 Å². The predicted octanol–water partition coefficient (Wildman–Crippen LogP) is 3.00. The van der Waals surface area contributed by atoms with Gasteiger partial charge in [-0.2, -0.15) is 9.50 Å². The summed E-state index contributed by atoms with van der Waals surface area (Å²) >= 11 is 2.85. The van der Waals surface area contributed by atoms with Crippen LogP contribution < -0.4 is 19.6 Å². The van der Waals surface area contributed by atoms with E-state index in [2.05, 4.69) is 16.7 Å². The van der Waals surface area contributed by atoms with Gasteiger partial charge in [-0.3, -0.25) is 4.79 Å². The van der Waals surface area contributed by atoms with Gasteiger partial charge >= 0.3 is 0 Å². The van der Waals surface area contributed by atoms with E-state index in [0.717, 1.165) is 10.4 Å². The molecule has 0 unspecified atom stereocenters. The summed E-state index contributed by atoms with van der Waals surface area (Å²) in [5.74, 6) is 1.79. The Labute approximate surface area is 162 Å². The maximum atomic E-state index is 12.7. The zero-order valence-electron chi connectivity index (χ0n) is 14.4. The SMILES string of the molecule is C=CCOc1ccc(/C=c2/sc3nc(-c4cccs4)nn3c2=O)cc1OC. The van der Waals surface area contributed by atoms with Crippen LogP contribution in [0.15, 0.2) is 53.2 Å². The molecule has 8 heteroatoms. The van der Waals surface area contributed by atoms with Gasteiger partial charge in [0.1, 0.15) is 6.61 Å². The number of hydrogen-bond acceptors (Lipinski definition) is 7. The van der Waals surface area contributed by atoms with E-state index < -0.39 is 0 Å². The number of fused-ring (bicyclic) bond motifs is 1. The van der Waals surface area contributed by atoms with E-state index in [9.17, 15) is 4.79 Å². The lowest BCUT2D eigenvalue weighted by Gasteiger charge is -2.09. The molecule has 4 rings (SSSR count). The number of methoxy groups -OCH3 is 1. The molecule has 0 aliphatic carbocycles. The summed E-state index contributed by atoms with van der Waals surface area (Å²) in [5.41, 5.74) is 0.647. The third-order valence-corrected chi connectivity index (χ3v) is 5.59. The van der Waals surface area contributed by atoms with Gasteiger partial charge in [0.25, 0.3) is 5.56 Å². The highest BCUT2D eigenvalue weighted by atomic mass is 32.1. The number of ether oxygens (including phenoxy) is 2. The van der Waals surface area contributed by atoms with Gasteiger partial charge in [-0.05, 0) is 35.2 Å². The van der Waals surface area contributed by atoms with Crippen LogP contribution in [0.2, 0.25) is 0 Å². The zero-order valence-corrected chi connectivity index (χ0v) is 16.0. The van der Waals surface area contributed by atoms with E-state index in [4.69, 9.17) is 9.47 Å². The molecule has 0 saturated heterocycles. The Hall–Kier alpha value is -2.97. The number of thiophene rings is 1. The molecule has 0 radical (unpaired) electrons. The lowest BCUT2D eigenvalue weighted by molar-refractivity contribution is 0.326. The third kappa shape index (κ3) is 3.36. The lowest BCUT2D eigenvalue weighted by atomic mass is 10.2. The van der Waals surface area contributed by atoms with Gasteiger partial charge < -0.3 is 9.47 Å². The average Bonchev–Trinajstić information content (AvgIpc) is 3.39. The second-order valence-corrected chi connectivity index (χ2v) is 7.49. The van der Waals surface area contributed by atoms with Gasteiger partial charge in [-0.1, -0.05) is 36.1 Å². The van der Waals surface area contributed by atoms with Gasteiger partial charge in [-0.25, -0.2) is 0 Å². The van der Waals surface area contributed by atoms with E-state index >= 15 is 0 Å². The topological polar surface area (TPSA) is 65.7 Å². The Kier molecular flexibility index (Phi) is 4.74. The molecular weight excluding hydrogens is 382 g/mol. The molecule has 1 aromatic carbocycles. The average molecular weight is 397 g/mol. The second kappa shape index (κ2) is 7.34. The highest BCUT2D eigenvalue weighted by Gasteiger charge is 2.12. The summed E-state index contributed by atoms with van der Waals surface area (Å²) in [5, 5.41) is 6.29. The fraction of sp³-hybridized carbons (Fsp3) is 0.105. The Morgan fingerprint density at radius 3 is 2.89 bits per heavy atom. The zero-order chi connectivity index (χ0) is 18.8. The van der Waals surface area contributed by atoms with E-state index in [0.29, 0.717) is 33.4 Å². The summed E-state index contributed by atoms with van der Waals surface area (Å²) in [6.07, 6.45) is 3.47. The summed E-state index contributed by atoms with van der Waals surface area (Å²) < 4.78 is 12.8. The minimum absolute atomic E-state index is 0.184. The predicted molar refractivity (Wildman–Crippen MR) is 108 cm³/mol. The van der Waals surface area contributed by atoms with Crippen LogP contribution in [0, 0.1) is 0 Å². The second-order valence-electron chi connectivity index (χ2n) is 5.53.